The summed E-state index contributed by atoms with van der Waals surface area (Å²) in [6.07, 6.45) is 3.03. The second-order valence-electron chi connectivity index (χ2n) is 6.43. The molecule has 2 aromatic carbocycles. The average molecular weight is 291 g/mol. The summed E-state index contributed by atoms with van der Waals surface area (Å²) in [5.74, 6) is 0.453. The van der Waals surface area contributed by atoms with E-state index in [9.17, 15) is 5.11 Å². The zero-order valence-electron chi connectivity index (χ0n) is 12.6. The molecule has 2 aromatic rings. The molecule has 2 aliphatic rings. The molecule has 0 amide bonds. The maximum Gasteiger partial charge on any atom is 0.0805 e. The molecule has 4 unspecified atom stereocenters. The standard InChI is InChI=1S/C20H21NO/c22-20-16-12-7-13-17(20)19(15-10-5-2-6-11-15)21-18(16)14-8-3-1-4-9-14/h1-6,8-11,16-18,20,22H,7,12-13H2. The summed E-state index contributed by atoms with van der Waals surface area (Å²) in [4.78, 5) is 5.11. The van der Waals surface area contributed by atoms with Crippen molar-refractivity contribution < 1.29 is 5.11 Å². The Labute approximate surface area is 131 Å². The number of rotatable bonds is 2. The number of aliphatic hydroxyl groups excluding tert-OH is 1. The first-order valence-electron chi connectivity index (χ1n) is 8.21. The third kappa shape index (κ3) is 2.28. The first kappa shape index (κ1) is 13.7. The van der Waals surface area contributed by atoms with Crippen LogP contribution in [0.2, 0.25) is 0 Å². The quantitative estimate of drug-likeness (QED) is 0.891. The smallest absolute Gasteiger partial charge is 0.0805 e. The van der Waals surface area contributed by atoms with Crippen molar-refractivity contribution in [1.82, 2.24) is 0 Å². The van der Waals surface area contributed by atoms with Crippen LogP contribution in [0.1, 0.15) is 36.4 Å². The molecule has 0 aromatic heterocycles. The van der Waals surface area contributed by atoms with E-state index in [1.54, 1.807) is 0 Å². The molecule has 0 spiro atoms. The topological polar surface area (TPSA) is 32.6 Å². The third-order valence-corrected chi connectivity index (χ3v) is 5.15. The van der Waals surface area contributed by atoms with E-state index in [1.165, 1.54) is 12.0 Å². The highest BCUT2D eigenvalue weighted by atomic mass is 16.3. The Kier molecular flexibility index (Phi) is 3.55. The van der Waals surface area contributed by atoms with Crippen LogP contribution in [-0.2, 0) is 0 Å². The Morgan fingerprint density at radius 3 is 2.27 bits per heavy atom. The minimum Gasteiger partial charge on any atom is -0.392 e. The Hall–Kier alpha value is -1.93. The van der Waals surface area contributed by atoms with Crippen LogP contribution in [0.15, 0.2) is 65.7 Å². The lowest BCUT2D eigenvalue weighted by Gasteiger charge is -2.43. The Morgan fingerprint density at radius 1 is 0.864 bits per heavy atom. The normalized spacial score (nSPS) is 30.7. The summed E-state index contributed by atoms with van der Waals surface area (Å²) in [5.41, 5.74) is 3.48. The lowest BCUT2D eigenvalue weighted by Crippen LogP contribution is -2.44. The van der Waals surface area contributed by atoms with E-state index in [4.69, 9.17) is 4.99 Å². The summed E-state index contributed by atoms with van der Waals surface area (Å²) in [6.45, 7) is 0. The van der Waals surface area contributed by atoms with Gasteiger partial charge in [0.2, 0.25) is 0 Å². The van der Waals surface area contributed by atoms with Gasteiger partial charge in [-0.2, -0.15) is 0 Å². The number of fused-ring (bicyclic) bond motifs is 2. The van der Waals surface area contributed by atoms with Crippen molar-refractivity contribution >= 4 is 5.71 Å². The van der Waals surface area contributed by atoms with E-state index in [0.29, 0.717) is 0 Å². The molecule has 112 valence electrons. The number of hydrogen-bond acceptors (Lipinski definition) is 2. The summed E-state index contributed by atoms with van der Waals surface area (Å²) in [6, 6.07) is 20.9. The van der Waals surface area contributed by atoms with Crippen LogP contribution in [0, 0.1) is 11.8 Å². The van der Waals surface area contributed by atoms with Gasteiger partial charge in [0.1, 0.15) is 0 Å². The van der Waals surface area contributed by atoms with E-state index in [2.05, 4.69) is 48.5 Å². The van der Waals surface area contributed by atoms with Gasteiger partial charge in [-0.3, -0.25) is 4.99 Å². The fraction of sp³-hybridized carbons (Fsp3) is 0.350. The molecule has 1 fully saturated rings. The lowest BCUT2D eigenvalue weighted by molar-refractivity contribution is 0.0234. The van der Waals surface area contributed by atoms with E-state index >= 15 is 0 Å². The van der Waals surface area contributed by atoms with Gasteiger partial charge in [0.05, 0.1) is 12.1 Å². The van der Waals surface area contributed by atoms with E-state index in [0.717, 1.165) is 24.1 Å². The van der Waals surface area contributed by atoms with E-state index in [1.807, 2.05) is 12.1 Å². The van der Waals surface area contributed by atoms with Gasteiger partial charge in [-0.1, -0.05) is 67.1 Å². The second-order valence-corrected chi connectivity index (χ2v) is 6.43. The van der Waals surface area contributed by atoms with Crippen LogP contribution in [0.25, 0.3) is 0 Å². The SMILES string of the molecule is OC1C2CCCC1C(c1ccccc1)N=C2c1ccccc1. The van der Waals surface area contributed by atoms with Gasteiger partial charge in [0, 0.05) is 17.5 Å². The summed E-state index contributed by atoms with van der Waals surface area (Å²) >= 11 is 0. The molecular weight excluding hydrogens is 270 g/mol. The molecule has 1 N–H and O–H groups in total. The van der Waals surface area contributed by atoms with Gasteiger partial charge in [0.25, 0.3) is 0 Å². The van der Waals surface area contributed by atoms with Crippen molar-refractivity contribution in [1.29, 1.82) is 0 Å². The fourth-order valence-corrected chi connectivity index (χ4v) is 4.07. The molecule has 1 heterocycles. The molecule has 0 radical (unpaired) electrons. The molecule has 1 saturated carbocycles. The highest BCUT2D eigenvalue weighted by molar-refractivity contribution is 6.03. The maximum atomic E-state index is 10.9. The molecule has 1 aliphatic carbocycles. The summed E-state index contributed by atoms with van der Waals surface area (Å²) in [5, 5.41) is 10.9. The molecular formula is C20H21NO. The van der Waals surface area contributed by atoms with Gasteiger partial charge < -0.3 is 5.11 Å². The first-order valence-corrected chi connectivity index (χ1v) is 8.21. The predicted octanol–water partition coefficient (Wildman–Crippen LogP) is 4.01. The second kappa shape index (κ2) is 5.69. The van der Waals surface area contributed by atoms with Gasteiger partial charge in [-0.05, 0) is 24.0 Å². The molecule has 1 aliphatic heterocycles. The zero-order chi connectivity index (χ0) is 14.9. The van der Waals surface area contributed by atoms with Crippen LogP contribution in [0.4, 0.5) is 0 Å². The van der Waals surface area contributed by atoms with Crippen molar-refractivity contribution in [2.75, 3.05) is 0 Å². The maximum absolute atomic E-state index is 10.9. The molecule has 2 nitrogen and oxygen atoms in total. The summed E-state index contributed by atoms with van der Waals surface area (Å²) in [7, 11) is 0. The molecule has 2 heteroatoms. The van der Waals surface area contributed by atoms with Gasteiger partial charge >= 0.3 is 0 Å². The van der Waals surface area contributed by atoms with E-state index in [-0.39, 0.29) is 24.0 Å². The highest BCUT2D eigenvalue weighted by Gasteiger charge is 2.43. The average Bonchev–Trinajstić information content (AvgIpc) is 2.57. The molecule has 2 bridgehead atoms. The number of aliphatic hydroxyl groups is 1. The van der Waals surface area contributed by atoms with Crippen LogP contribution < -0.4 is 0 Å². The van der Waals surface area contributed by atoms with Crippen LogP contribution in [0.5, 0.6) is 0 Å². The third-order valence-electron chi connectivity index (χ3n) is 5.15. The Balaban J connectivity index is 1.82. The van der Waals surface area contributed by atoms with Gasteiger partial charge in [-0.25, -0.2) is 0 Å². The predicted molar refractivity (Wildman–Crippen MR) is 89.0 cm³/mol. The monoisotopic (exact) mass is 291 g/mol. The summed E-state index contributed by atoms with van der Waals surface area (Å²) < 4.78 is 0. The largest absolute Gasteiger partial charge is 0.392 e. The van der Waals surface area contributed by atoms with Crippen molar-refractivity contribution in [3.8, 4) is 0 Å². The number of benzene rings is 2. The first-order chi connectivity index (χ1) is 10.8. The van der Waals surface area contributed by atoms with Crippen LogP contribution >= 0.6 is 0 Å². The van der Waals surface area contributed by atoms with Gasteiger partial charge in [0.15, 0.2) is 0 Å². The van der Waals surface area contributed by atoms with Gasteiger partial charge in [-0.15, -0.1) is 0 Å². The van der Waals surface area contributed by atoms with Crippen molar-refractivity contribution in [2.45, 2.75) is 31.4 Å². The minimum absolute atomic E-state index is 0.0861. The molecule has 4 atom stereocenters. The van der Waals surface area contributed by atoms with Crippen molar-refractivity contribution in [3.05, 3.63) is 71.8 Å². The number of aliphatic imine (C=N–C) groups is 1. The number of nitrogens with zero attached hydrogens (tertiary/aromatic N) is 1. The van der Waals surface area contributed by atoms with Crippen LogP contribution in [0.3, 0.4) is 0 Å². The molecule has 22 heavy (non-hydrogen) atoms. The number of hydrogen-bond donors (Lipinski definition) is 1. The minimum atomic E-state index is -0.272. The molecule has 4 rings (SSSR count). The van der Waals surface area contributed by atoms with Crippen molar-refractivity contribution in [3.63, 3.8) is 0 Å². The Bertz CT molecular complexity index is 665. The van der Waals surface area contributed by atoms with Crippen molar-refractivity contribution in [2.24, 2.45) is 16.8 Å². The van der Waals surface area contributed by atoms with Crippen LogP contribution in [-0.4, -0.2) is 16.9 Å². The fourth-order valence-electron chi connectivity index (χ4n) is 4.07. The zero-order valence-corrected chi connectivity index (χ0v) is 12.6. The molecule has 0 saturated heterocycles. The van der Waals surface area contributed by atoms with E-state index < -0.39 is 0 Å². The highest BCUT2D eigenvalue weighted by Crippen LogP contribution is 2.45. The lowest BCUT2D eigenvalue weighted by atomic mass is 9.68. The Morgan fingerprint density at radius 2 is 1.55 bits per heavy atom.